The van der Waals surface area contributed by atoms with Gasteiger partial charge in [-0.15, -0.1) is 0 Å². The normalized spacial score (nSPS) is 22.6. The number of aliphatic carboxylic acids is 1. The molecule has 1 heterocycles. The van der Waals surface area contributed by atoms with Crippen LogP contribution in [0.2, 0.25) is 0 Å². The molecule has 0 saturated carbocycles. The summed E-state index contributed by atoms with van der Waals surface area (Å²) in [5.41, 5.74) is 0.995. The number of hydrogen-bond acceptors (Lipinski definition) is 4. The van der Waals surface area contributed by atoms with Crippen LogP contribution in [0.5, 0.6) is 0 Å². The summed E-state index contributed by atoms with van der Waals surface area (Å²) in [4.78, 5) is 25.0. The minimum atomic E-state index is -0.882. The quantitative estimate of drug-likeness (QED) is 0.829. The van der Waals surface area contributed by atoms with Crippen LogP contribution in [0, 0.1) is 0 Å². The van der Waals surface area contributed by atoms with E-state index < -0.39 is 18.1 Å². The van der Waals surface area contributed by atoms with Crippen molar-refractivity contribution >= 4 is 11.9 Å². The summed E-state index contributed by atoms with van der Waals surface area (Å²) in [6.45, 7) is 2.51. The standard InChI is InChI=1S/C15H19NO4/c1-2-20-15(19)13-9-8-12(14(17)18)16(13)10-11-6-4-3-5-7-11/h3-7,12-13H,2,8-10H2,1H3,(H,17,18). The second kappa shape index (κ2) is 6.52. The molecular weight excluding hydrogens is 258 g/mol. The highest BCUT2D eigenvalue weighted by molar-refractivity contribution is 5.80. The number of carboxylic acid groups (broad SMARTS) is 1. The van der Waals surface area contributed by atoms with Gasteiger partial charge in [-0.1, -0.05) is 30.3 Å². The van der Waals surface area contributed by atoms with Gasteiger partial charge in [-0.3, -0.25) is 14.5 Å². The van der Waals surface area contributed by atoms with Crippen molar-refractivity contribution in [1.29, 1.82) is 0 Å². The fourth-order valence-electron chi connectivity index (χ4n) is 2.64. The summed E-state index contributed by atoms with van der Waals surface area (Å²) in [5, 5.41) is 9.30. The van der Waals surface area contributed by atoms with Gasteiger partial charge < -0.3 is 9.84 Å². The molecule has 2 atom stereocenters. The van der Waals surface area contributed by atoms with Crippen LogP contribution in [0.1, 0.15) is 25.3 Å². The van der Waals surface area contributed by atoms with Gasteiger partial charge in [0.15, 0.2) is 0 Å². The number of likely N-dealkylation sites (tertiary alicyclic amines) is 1. The molecule has 0 aromatic heterocycles. The fraction of sp³-hybridized carbons (Fsp3) is 0.467. The maximum Gasteiger partial charge on any atom is 0.323 e. The molecule has 2 unspecified atom stereocenters. The van der Waals surface area contributed by atoms with Crippen LogP contribution in [-0.4, -0.2) is 40.6 Å². The first-order chi connectivity index (χ1) is 9.63. The van der Waals surface area contributed by atoms with Gasteiger partial charge >= 0.3 is 11.9 Å². The second-order valence-corrected chi connectivity index (χ2v) is 4.86. The van der Waals surface area contributed by atoms with Gasteiger partial charge in [-0.2, -0.15) is 0 Å². The van der Waals surface area contributed by atoms with E-state index in [-0.39, 0.29) is 5.97 Å². The van der Waals surface area contributed by atoms with Gasteiger partial charge in [0.1, 0.15) is 12.1 Å². The number of esters is 1. The van der Waals surface area contributed by atoms with E-state index in [4.69, 9.17) is 4.74 Å². The van der Waals surface area contributed by atoms with Crippen LogP contribution in [0.3, 0.4) is 0 Å². The topological polar surface area (TPSA) is 66.8 Å². The third-order valence-electron chi connectivity index (χ3n) is 3.57. The molecule has 5 nitrogen and oxygen atoms in total. The first-order valence-electron chi connectivity index (χ1n) is 6.82. The molecule has 0 aliphatic carbocycles. The Morgan fingerprint density at radius 3 is 2.50 bits per heavy atom. The number of carboxylic acids is 1. The Morgan fingerprint density at radius 2 is 1.90 bits per heavy atom. The monoisotopic (exact) mass is 277 g/mol. The van der Waals surface area contributed by atoms with E-state index in [1.54, 1.807) is 11.8 Å². The minimum absolute atomic E-state index is 0.312. The van der Waals surface area contributed by atoms with Gasteiger partial charge in [-0.25, -0.2) is 0 Å². The summed E-state index contributed by atoms with van der Waals surface area (Å²) >= 11 is 0. The molecule has 1 aliphatic rings. The van der Waals surface area contributed by atoms with E-state index in [9.17, 15) is 14.7 Å². The Morgan fingerprint density at radius 1 is 1.25 bits per heavy atom. The maximum absolute atomic E-state index is 12.0. The third-order valence-corrected chi connectivity index (χ3v) is 3.57. The second-order valence-electron chi connectivity index (χ2n) is 4.86. The van der Waals surface area contributed by atoms with Crippen LogP contribution >= 0.6 is 0 Å². The predicted octanol–water partition coefficient (Wildman–Crippen LogP) is 1.67. The van der Waals surface area contributed by atoms with Gasteiger partial charge in [0.05, 0.1) is 6.61 Å². The van der Waals surface area contributed by atoms with E-state index in [0.29, 0.717) is 26.0 Å². The third kappa shape index (κ3) is 3.17. The van der Waals surface area contributed by atoms with Crippen LogP contribution in [0.4, 0.5) is 0 Å². The zero-order chi connectivity index (χ0) is 14.5. The predicted molar refractivity (Wildman–Crippen MR) is 73.1 cm³/mol. The number of hydrogen-bond donors (Lipinski definition) is 1. The Hall–Kier alpha value is -1.88. The lowest BCUT2D eigenvalue weighted by molar-refractivity contribution is -0.151. The highest BCUT2D eigenvalue weighted by Gasteiger charge is 2.42. The summed E-state index contributed by atoms with van der Waals surface area (Å²) in [6.07, 6.45) is 1.01. The Balaban J connectivity index is 2.16. The van der Waals surface area contributed by atoms with E-state index in [1.165, 1.54) is 0 Å². The molecule has 5 heteroatoms. The number of carbonyl (C=O) groups is 2. The van der Waals surface area contributed by atoms with Crippen molar-refractivity contribution in [3.8, 4) is 0 Å². The van der Waals surface area contributed by atoms with Crippen LogP contribution in [-0.2, 0) is 20.9 Å². The van der Waals surface area contributed by atoms with Crippen molar-refractivity contribution in [2.24, 2.45) is 0 Å². The average Bonchev–Trinajstić information content (AvgIpc) is 2.84. The largest absolute Gasteiger partial charge is 0.480 e. The summed E-state index contributed by atoms with van der Waals surface area (Å²) in [5.74, 6) is -1.21. The Labute approximate surface area is 118 Å². The number of benzene rings is 1. The zero-order valence-electron chi connectivity index (χ0n) is 11.5. The molecule has 1 fully saturated rings. The van der Waals surface area contributed by atoms with Crippen molar-refractivity contribution < 1.29 is 19.4 Å². The molecule has 0 bridgehead atoms. The van der Waals surface area contributed by atoms with Crippen LogP contribution < -0.4 is 0 Å². The Kier molecular flexibility index (Phi) is 4.74. The van der Waals surface area contributed by atoms with Crippen LogP contribution in [0.25, 0.3) is 0 Å². The molecule has 20 heavy (non-hydrogen) atoms. The highest BCUT2D eigenvalue weighted by atomic mass is 16.5. The number of rotatable bonds is 5. The summed E-state index contributed by atoms with van der Waals surface area (Å²) in [7, 11) is 0. The minimum Gasteiger partial charge on any atom is -0.480 e. The molecule has 2 rings (SSSR count). The van der Waals surface area contributed by atoms with E-state index >= 15 is 0 Å². The number of nitrogens with zero attached hydrogens (tertiary/aromatic N) is 1. The summed E-state index contributed by atoms with van der Waals surface area (Å²) < 4.78 is 5.05. The summed E-state index contributed by atoms with van der Waals surface area (Å²) in [6, 6.07) is 8.49. The number of carbonyl (C=O) groups excluding carboxylic acids is 1. The molecule has 1 aromatic rings. The molecule has 1 N–H and O–H groups in total. The van der Waals surface area contributed by atoms with Gasteiger partial charge in [-0.05, 0) is 25.3 Å². The number of ether oxygens (including phenoxy) is 1. The van der Waals surface area contributed by atoms with Crippen molar-refractivity contribution in [3.05, 3.63) is 35.9 Å². The lowest BCUT2D eigenvalue weighted by atomic mass is 10.2. The molecule has 0 spiro atoms. The van der Waals surface area contributed by atoms with Crippen molar-refractivity contribution in [2.45, 2.75) is 38.4 Å². The van der Waals surface area contributed by atoms with E-state index in [1.807, 2.05) is 30.3 Å². The lowest BCUT2D eigenvalue weighted by Gasteiger charge is -2.26. The Bertz CT molecular complexity index is 474. The average molecular weight is 277 g/mol. The van der Waals surface area contributed by atoms with Crippen LogP contribution in [0.15, 0.2) is 30.3 Å². The lowest BCUT2D eigenvalue weighted by Crippen LogP contribution is -2.44. The molecular formula is C15H19NO4. The van der Waals surface area contributed by atoms with E-state index in [2.05, 4.69) is 0 Å². The first kappa shape index (κ1) is 14.5. The molecule has 0 radical (unpaired) electrons. The zero-order valence-corrected chi connectivity index (χ0v) is 11.5. The molecule has 1 aromatic carbocycles. The molecule has 108 valence electrons. The smallest absolute Gasteiger partial charge is 0.323 e. The fourth-order valence-corrected chi connectivity index (χ4v) is 2.64. The van der Waals surface area contributed by atoms with Gasteiger partial charge in [0, 0.05) is 6.54 Å². The van der Waals surface area contributed by atoms with Crippen molar-refractivity contribution in [2.75, 3.05) is 6.61 Å². The maximum atomic E-state index is 12.0. The molecule has 1 aliphatic heterocycles. The highest BCUT2D eigenvalue weighted by Crippen LogP contribution is 2.27. The van der Waals surface area contributed by atoms with Crippen molar-refractivity contribution in [3.63, 3.8) is 0 Å². The van der Waals surface area contributed by atoms with Crippen molar-refractivity contribution in [1.82, 2.24) is 4.90 Å². The first-order valence-corrected chi connectivity index (χ1v) is 6.82. The van der Waals surface area contributed by atoms with Gasteiger partial charge in [0.25, 0.3) is 0 Å². The molecule has 0 amide bonds. The SMILES string of the molecule is CCOC(=O)C1CCC(C(=O)O)N1Cc1ccccc1. The van der Waals surface area contributed by atoms with E-state index in [0.717, 1.165) is 5.56 Å². The molecule has 1 saturated heterocycles. The van der Waals surface area contributed by atoms with Gasteiger partial charge in [0.2, 0.25) is 0 Å².